The van der Waals surface area contributed by atoms with Gasteiger partial charge in [0, 0.05) is 10.8 Å². The Morgan fingerprint density at radius 2 is 2.55 bits per heavy atom. The molecule has 0 radical (unpaired) electrons. The summed E-state index contributed by atoms with van der Waals surface area (Å²) in [6.07, 6.45) is 0.829. The van der Waals surface area contributed by atoms with E-state index in [-0.39, 0.29) is 5.92 Å². The SMILES string of the molecule is O=C(O)[C@@H]1C[C@@H]1c1cccs1. The fourth-order valence-electron chi connectivity index (χ4n) is 1.28. The third kappa shape index (κ3) is 1.16. The van der Waals surface area contributed by atoms with E-state index in [1.165, 1.54) is 4.88 Å². The smallest absolute Gasteiger partial charge is 0.307 e. The van der Waals surface area contributed by atoms with Crippen LogP contribution in [0.1, 0.15) is 17.2 Å². The minimum absolute atomic E-state index is 0.103. The number of aliphatic carboxylic acids is 1. The Labute approximate surface area is 68.5 Å². The van der Waals surface area contributed by atoms with Crippen molar-refractivity contribution in [3.63, 3.8) is 0 Å². The second-order valence-electron chi connectivity index (χ2n) is 2.80. The van der Waals surface area contributed by atoms with Crippen molar-refractivity contribution in [2.24, 2.45) is 5.92 Å². The summed E-state index contributed by atoms with van der Waals surface area (Å²) in [6.45, 7) is 0. The summed E-state index contributed by atoms with van der Waals surface area (Å²) in [7, 11) is 0. The monoisotopic (exact) mass is 168 g/mol. The molecule has 0 unspecified atom stereocenters. The second-order valence-corrected chi connectivity index (χ2v) is 3.78. The van der Waals surface area contributed by atoms with Gasteiger partial charge in [0.2, 0.25) is 0 Å². The van der Waals surface area contributed by atoms with Gasteiger partial charge in [-0.15, -0.1) is 11.3 Å². The normalized spacial score (nSPS) is 28.4. The van der Waals surface area contributed by atoms with Crippen molar-refractivity contribution in [2.75, 3.05) is 0 Å². The molecule has 1 fully saturated rings. The molecule has 2 rings (SSSR count). The van der Waals surface area contributed by atoms with Gasteiger partial charge in [0.1, 0.15) is 0 Å². The average molecular weight is 168 g/mol. The molecule has 0 spiro atoms. The van der Waals surface area contributed by atoms with Crippen LogP contribution in [0.15, 0.2) is 17.5 Å². The number of carboxylic acids is 1. The first-order chi connectivity index (χ1) is 5.29. The molecule has 11 heavy (non-hydrogen) atoms. The lowest BCUT2D eigenvalue weighted by atomic mass is 10.3. The van der Waals surface area contributed by atoms with Crippen molar-refractivity contribution in [2.45, 2.75) is 12.3 Å². The third-order valence-electron chi connectivity index (χ3n) is 2.02. The van der Waals surface area contributed by atoms with Crippen LogP contribution in [0.25, 0.3) is 0 Å². The summed E-state index contributed by atoms with van der Waals surface area (Å²) in [5, 5.41) is 10.6. The summed E-state index contributed by atoms with van der Waals surface area (Å²) in [4.78, 5) is 11.7. The van der Waals surface area contributed by atoms with E-state index in [1.807, 2.05) is 17.5 Å². The molecule has 58 valence electrons. The number of hydrogen-bond donors (Lipinski definition) is 1. The summed E-state index contributed by atoms with van der Waals surface area (Å²) in [6, 6.07) is 3.98. The zero-order chi connectivity index (χ0) is 7.84. The number of rotatable bonds is 2. The molecule has 2 atom stereocenters. The topological polar surface area (TPSA) is 37.3 Å². The van der Waals surface area contributed by atoms with Crippen LogP contribution in [-0.2, 0) is 4.79 Å². The molecule has 3 heteroatoms. The quantitative estimate of drug-likeness (QED) is 0.732. The number of thiophene rings is 1. The molecule has 0 bridgehead atoms. The summed E-state index contributed by atoms with van der Waals surface area (Å²) in [5.41, 5.74) is 0. The Balaban J connectivity index is 2.08. The second kappa shape index (κ2) is 2.34. The number of carboxylic acid groups (broad SMARTS) is 1. The Morgan fingerprint density at radius 1 is 1.73 bits per heavy atom. The van der Waals surface area contributed by atoms with Gasteiger partial charge in [0.25, 0.3) is 0 Å². The standard InChI is InChI=1S/C8H8O2S/c9-8(10)6-4-5(6)7-2-1-3-11-7/h1-3,5-6H,4H2,(H,9,10)/t5-,6+/m0/s1. The van der Waals surface area contributed by atoms with E-state index >= 15 is 0 Å². The fraction of sp³-hybridized carbons (Fsp3) is 0.375. The molecule has 2 nitrogen and oxygen atoms in total. The van der Waals surface area contributed by atoms with Gasteiger partial charge in [-0.2, -0.15) is 0 Å². The van der Waals surface area contributed by atoms with Crippen LogP contribution in [0.5, 0.6) is 0 Å². The van der Waals surface area contributed by atoms with Crippen LogP contribution in [-0.4, -0.2) is 11.1 Å². The van der Waals surface area contributed by atoms with E-state index in [0.717, 1.165) is 6.42 Å². The molecule has 1 aromatic heterocycles. The highest BCUT2D eigenvalue weighted by atomic mass is 32.1. The molecular formula is C8H8O2S. The van der Waals surface area contributed by atoms with E-state index in [1.54, 1.807) is 11.3 Å². The first-order valence-electron chi connectivity index (χ1n) is 3.55. The fourth-order valence-corrected chi connectivity index (χ4v) is 2.19. The number of hydrogen-bond acceptors (Lipinski definition) is 2. The molecule has 1 heterocycles. The van der Waals surface area contributed by atoms with Gasteiger partial charge in [-0.25, -0.2) is 0 Å². The van der Waals surface area contributed by atoms with E-state index in [4.69, 9.17) is 5.11 Å². The average Bonchev–Trinajstić information content (AvgIpc) is 2.60. The molecule has 0 saturated heterocycles. The van der Waals surface area contributed by atoms with Gasteiger partial charge in [-0.05, 0) is 17.9 Å². The third-order valence-corrected chi connectivity index (χ3v) is 3.02. The number of carbonyl (C=O) groups is 1. The summed E-state index contributed by atoms with van der Waals surface area (Å²) < 4.78 is 0. The lowest BCUT2D eigenvalue weighted by Crippen LogP contribution is -1.97. The van der Waals surface area contributed by atoms with E-state index in [9.17, 15) is 4.79 Å². The minimum Gasteiger partial charge on any atom is -0.481 e. The lowest BCUT2D eigenvalue weighted by molar-refractivity contribution is -0.138. The summed E-state index contributed by atoms with van der Waals surface area (Å²) in [5.74, 6) is -0.440. The van der Waals surface area contributed by atoms with E-state index < -0.39 is 5.97 Å². The van der Waals surface area contributed by atoms with Crippen molar-refractivity contribution in [3.8, 4) is 0 Å². The molecule has 0 amide bonds. The van der Waals surface area contributed by atoms with Crippen LogP contribution in [0.3, 0.4) is 0 Å². The molecular weight excluding hydrogens is 160 g/mol. The minimum atomic E-state index is -0.650. The van der Waals surface area contributed by atoms with Gasteiger partial charge in [0.15, 0.2) is 0 Å². The van der Waals surface area contributed by atoms with Crippen LogP contribution < -0.4 is 0 Å². The molecule has 1 saturated carbocycles. The van der Waals surface area contributed by atoms with Crippen molar-refractivity contribution in [1.29, 1.82) is 0 Å². The Bertz CT molecular complexity index is 266. The highest BCUT2D eigenvalue weighted by Crippen LogP contribution is 2.48. The molecule has 0 aromatic carbocycles. The molecule has 1 aliphatic carbocycles. The van der Waals surface area contributed by atoms with Crippen molar-refractivity contribution in [1.82, 2.24) is 0 Å². The Hall–Kier alpha value is -0.830. The zero-order valence-corrected chi connectivity index (χ0v) is 6.67. The Morgan fingerprint density at radius 3 is 3.00 bits per heavy atom. The van der Waals surface area contributed by atoms with Crippen molar-refractivity contribution in [3.05, 3.63) is 22.4 Å². The Kier molecular flexibility index (Phi) is 1.46. The van der Waals surface area contributed by atoms with Gasteiger partial charge in [0.05, 0.1) is 5.92 Å². The zero-order valence-electron chi connectivity index (χ0n) is 5.86. The summed E-state index contributed by atoms with van der Waals surface area (Å²) >= 11 is 1.65. The van der Waals surface area contributed by atoms with Gasteiger partial charge >= 0.3 is 5.97 Å². The van der Waals surface area contributed by atoms with Crippen LogP contribution in [0.2, 0.25) is 0 Å². The largest absolute Gasteiger partial charge is 0.481 e. The van der Waals surface area contributed by atoms with Crippen molar-refractivity contribution < 1.29 is 9.90 Å². The first kappa shape index (κ1) is 6.85. The molecule has 1 N–H and O–H groups in total. The van der Waals surface area contributed by atoms with Gasteiger partial charge in [-0.1, -0.05) is 6.07 Å². The highest BCUT2D eigenvalue weighted by molar-refractivity contribution is 7.10. The maximum atomic E-state index is 10.5. The van der Waals surface area contributed by atoms with E-state index in [2.05, 4.69) is 0 Å². The maximum Gasteiger partial charge on any atom is 0.307 e. The van der Waals surface area contributed by atoms with Crippen LogP contribution >= 0.6 is 11.3 Å². The maximum absolute atomic E-state index is 10.5. The predicted molar refractivity (Wildman–Crippen MR) is 42.8 cm³/mol. The van der Waals surface area contributed by atoms with E-state index in [0.29, 0.717) is 5.92 Å². The first-order valence-corrected chi connectivity index (χ1v) is 4.43. The van der Waals surface area contributed by atoms with Gasteiger partial charge < -0.3 is 5.11 Å². The molecule has 0 aliphatic heterocycles. The van der Waals surface area contributed by atoms with Crippen molar-refractivity contribution >= 4 is 17.3 Å². The lowest BCUT2D eigenvalue weighted by Gasteiger charge is -1.88. The van der Waals surface area contributed by atoms with Crippen LogP contribution in [0.4, 0.5) is 0 Å². The highest BCUT2D eigenvalue weighted by Gasteiger charge is 2.44. The predicted octanol–water partition coefficient (Wildman–Crippen LogP) is 1.94. The molecule has 1 aromatic rings. The molecule has 1 aliphatic rings. The van der Waals surface area contributed by atoms with Gasteiger partial charge in [-0.3, -0.25) is 4.79 Å². The van der Waals surface area contributed by atoms with Crippen LogP contribution in [0, 0.1) is 5.92 Å².